The maximum Gasteiger partial charge on any atom is 0.324 e. The van der Waals surface area contributed by atoms with Crippen molar-refractivity contribution in [2.24, 2.45) is 29.2 Å². The van der Waals surface area contributed by atoms with Crippen LogP contribution < -0.4 is 11.5 Å². The number of hydrogen-bond donors (Lipinski definition) is 5. The normalized spacial score (nSPS) is 50.6. The number of carbonyl (C=O) groups is 1. The van der Waals surface area contributed by atoms with Gasteiger partial charge in [0.2, 0.25) is 0 Å². The van der Waals surface area contributed by atoms with Crippen molar-refractivity contribution in [3.8, 4) is 0 Å². The Morgan fingerprint density at radius 1 is 1.50 bits per heavy atom. The first kappa shape index (κ1) is 9.85. The van der Waals surface area contributed by atoms with Gasteiger partial charge in [0.05, 0.1) is 0 Å². The highest BCUT2D eigenvalue weighted by atomic mass is 16.5. The molecule has 2 aliphatic rings. The number of nitrogens with two attached hydrogens (primary N) is 2. The first-order chi connectivity index (χ1) is 6.39. The lowest BCUT2D eigenvalue weighted by atomic mass is 9.90. The molecule has 0 aliphatic heterocycles. The Labute approximate surface area is 80.5 Å². The van der Waals surface area contributed by atoms with Gasteiger partial charge in [-0.1, -0.05) is 0 Å². The molecule has 2 aliphatic carbocycles. The molecule has 0 aromatic heterocycles. The maximum atomic E-state index is 10.9. The smallest absolute Gasteiger partial charge is 0.324 e. The number of carboxylic acids is 1. The molecule has 0 aromatic rings. The summed E-state index contributed by atoms with van der Waals surface area (Å²) in [5, 5.41) is 26.9. The second kappa shape index (κ2) is 2.66. The van der Waals surface area contributed by atoms with E-state index in [1.165, 1.54) is 0 Å². The van der Waals surface area contributed by atoms with E-state index in [1.807, 2.05) is 0 Å². The van der Waals surface area contributed by atoms with E-state index in [4.69, 9.17) is 26.8 Å². The minimum absolute atomic E-state index is 0.156. The number of aliphatic carboxylic acids is 1. The molecule has 7 N–H and O–H groups in total. The highest BCUT2D eigenvalue weighted by Gasteiger charge is 2.72. The first-order valence-corrected chi connectivity index (χ1v) is 4.53. The molecule has 2 saturated carbocycles. The molecule has 2 rings (SSSR count). The number of rotatable bonds is 2. The molecule has 0 heterocycles. The van der Waals surface area contributed by atoms with E-state index in [9.17, 15) is 4.79 Å². The van der Waals surface area contributed by atoms with Crippen LogP contribution in [0.2, 0.25) is 0 Å². The SMILES string of the molecule is NC1CC(N)(C(=O)O)C2C(C(O)O)C12. The van der Waals surface area contributed by atoms with E-state index in [2.05, 4.69) is 0 Å². The summed E-state index contributed by atoms with van der Waals surface area (Å²) in [6, 6.07) is -0.340. The van der Waals surface area contributed by atoms with Gasteiger partial charge in [-0.3, -0.25) is 4.79 Å². The average Bonchev–Trinajstić information content (AvgIpc) is 2.72. The van der Waals surface area contributed by atoms with Crippen molar-refractivity contribution in [2.45, 2.75) is 24.3 Å². The predicted molar refractivity (Wildman–Crippen MR) is 45.8 cm³/mol. The van der Waals surface area contributed by atoms with Gasteiger partial charge in [-0.05, 0) is 12.3 Å². The second-order valence-corrected chi connectivity index (χ2v) is 4.31. The zero-order valence-corrected chi connectivity index (χ0v) is 7.50. The summed E-state index contributed by atoms with van der Waals surface area (Å²) in [6.07, 6.45) is -1.31. The summed E-state index contributed by atoms with van der Waals surface area (Å²) in [5.41, 5.74) is 10.0. The quantitative estimate of drug-likeness (QED) is 0.319. The third kappa shape index (κ3) is 1.02. The monoisotopic (exact) mass is 202 g/mol. The molecule has 2 fully saturated rings. The van der Waals surface area contributed by atoms with Crippen LogP contribution >= 0.6 is 0 Å². The highest BCUT2D eigenvalue weighted by molar-refractivity contribution is 5.81. The molecular formula is C8H14N2O4. The van der Waals surface area contributed by atoms with Crippen LogP contribution in [0.25, 0.3) is 0 Å². The minimum Gasteiger partial charge on any atom is -0.480 e. The zero-order chi connectivity index (χ0) is 10.7. The molecule has 0 amide bonds. The molecule has 5 unspecified atom stereocenters. The van der Waals surface area contributed by atoms with Crippen LogP contribution in [0, 0.1) is 17.8 Å². The van der Waals surface area contributed by atoms with Gasteiger partial charge in [0, 0.05) is 17.9 Å². The molecule has 6 nitrogen and oxygen atoms in total. The Hall–Kier alpha value is -0.690. The van der Waals surface area contributed by atoms with Crippen LogP contribution in [0.5, 0.6) is 0 Å². The number of aliphatic hydroxyl groups excluding tert-OH is 1. The molecule has 0 radical (unpaired) electrons. The Morgan fingerprint density at radius 2 is 2.07 bits per heavy atom. The van der Waals surface area contributed by atoms with Gasteiger partial charge in [-0.25, -0.2) is 0 Å². The summed E-state index contributed by atoms with van der Waals surface area (Å²) < 4.78 is 0. The van der Waals surface area contributed by atoms with Gasteiger partial charge in [0.15, 0.2) is 6.29 Å². The van der Waals surface area contributed by atoms with E-state index in [1.54, 1.807) is 0 Å². The van der Waals surface area contributed by atoms with Crippen molar-refractivity contribution in [3.63, 3.8) is 0 Å². The Morgan fingerprint density at radius 3 is 2.43 bits per heavy atom. The molecule has 5 atom stereocenters. The fourth-order valence-corrected chi connectivity index (χ4v) is 2.87. The van der Waals surface area contributed by atoms with Gasteiger partial charge >= 0.3 is 5.97 Å². The second-order valence-electron chi connectivity index (χ2n) is 4.31. The van der Waals surface area contributed by atoms with Crippen molar-refractivity contribution in [1.82, 2.24) is 0 Å². The molecular weight excluding hydrogens is 188 g/mol. The fraction of sp³-hybridized carbons (Fsp3) is 0.875. The topological polar surface area (TPSA) is 130 Å². The van der Waals surface area contributed by atoms with Gasteiger partial charge in [0.25, 0.3) is 0 Å². The lowest BCUT2D eigenvalue weighted by molar-refractivity contribution is -0.145. The van der Waals surface area contributed by atoms with E-state index < -0.39 is 29.6 Å². The summed E-state index contributed by atoms with van der Waals surface area (Å²) in [4.78, 5) is 10.9. The number of hydrogen-bond acceptors (Lipinski definition) is 5. The fourth-order valence-electron chi connectivity index (χ4n) is 2.87. The van der Waals surface area contributed by atoms with Gasteiger partial charge in [0.1, 0.15) is 5.54 Å². The van der Waals surface area contributed by atoms with Crippen LogP contribution in [0.4, 0.5) is 0 Å². The van der Waals surface area contributed by atoms with Gasteiger partial charge in [-0.15, -0.1) is 0 Å². The number of carboxylic acid groups (broad SMARTS) is 1. The Bertz CT molecular complexity index is 279. The van der Waals surface area contributed by atoms with Crippen LogP contribution in [0.1, 0.15) is 6.42 Å². The van der Waals surface area contributed by atoms with Crippen LogP contribution in [-0.4, -0.2) is 39.2 Å². The van der Waals surface area contributed by atoms with Crippen molar-refractivity contribution in [2.75, 3.05) is 0 Å². The minimum atomic E-state index is -1.52. The van der Waals surface area contributed by atoms with Crippen LogP contribution in [-0.2, 0) is 4.79 Å². The number of fused-ring (bicyclic) bond motifs is 1. The first-order valence-electron chi connectivity index (χ1n) is 4.53. The van der Waals surface area contributed by atoms with Crippen molar-refractivity contribution < 1.29 is 20.1 Å². The highest BCUT2D eigenvalue weighted by Crippen LogP contribution is 2.61. The van der Waals surface area contributed by atoms with E-state index >= 15 is 0 Å². The molecule has 0 saturated heterocycles. The summed E-state index contributed by atoms with van der Waals surface area (Å²) in [5.74, 6) is -2.13. The van der Waals surface area contributed by atoms with E-state index in [0.717, 1.165) is 0 Å². The molecule has 0 bridgehead atoms. The Balaban J connectivity index is 2.22. The van der Waals surface area contributed by atoms with E-state index in [0.29, 0.717) is 0 Å². The van der Waals surface area contributed by atoms with Crippen LogP contribution in [0.3, 0.4) is 0 Å². The standard InChI is InChI=1S/C8H14N2O4/c9-2-1-8(10,7(13)14)5-3(2)4(5)6(11)12/h2-6,11-12H,1,9-10H2,(H,13,14). The zero-order valence-electron chi connectivity index (χ0n) is 7.50. The molecule has 0 spiro atoms. The third-order valence-corrected chi connectivity index (χ3v) is 3.54. The third-order valence-electron chi connectivity index (χ3n) is 3.54. The van der Waals surface area contributed by atoms with Crippen molar-refractivity contribution in [3.05, 3.63) is 0 Å². The van der Waals surface area contributed by atoms with Gasteiger partial charge < -0.3 is 26.8 Å². The molecule has 6 heteroatoms. The van der Waals surface area contributed by atoms with Crippen LogP contribution in [0.15, 0.2) is 0 Å². The molecule has 14 heavy (non-hydrogen) atoms. The Kier molecular flexibility index (Phi) is 1.87. The lowest BCUT2D eigenvalue weighted by Crippen LogP contribution is -2.51. The largest absolute Gasteiger partial charge is 0.480 e. The van der Waals surface area contributed by atoms with Crippen molar-refractivity contribution in [1.29, 1.82) is 0 Å². The maximum absolute atomic E-state index is 10.9. The molecule has 80 valence electrons. The lowest BCUT2D eigenvalue weighted by Gasteiger charge is -2.24. The average molecular weight is 202 g/mol. The summed E-state index contributed by atoms with van der Waals surface area (Å²) in [7, 11) is 0. The predicted octanol–water partition coefficient (Wildman–Crippen LogP) is -2.33. The number of aliphatic hydroxyl groups is 2. The van der Waals surface area contributed by atoms with Gasteiger partial charge in [-0.2, -0.15) is 0 Å². The summed E-state index contributed by atoms with van der Waals surface area (Å²) in [6.45, 7) is 0. The van der Waals surface area contributed by atoms with Crippen molar-refractivity contribution >= 4 is 5.97 Å². The summed E-state index contributed by atoms with van der Waals surface area (Å²) >= 11 is 0. The molecule has 0 aromatic carbocycles. The van der Waals surface area contributed by atoms with E-state index in [-0.39, 0.29) is 18.4 Å².